The Morgan fingerprint density at radius 2 is 2.26 bits per heavy atom. The average Bonchev–Trinajstić information content (AvgIpc) is 2.85. The van der Waals surface area contributed by atoms with Crippen LogP contribution in [-0.2, 0) is 6.54 Å². The van der Waals surface area contributed by atoms with Gasteiger partial charge in [-0.25, -0.2) is 9.37 Å². The highest BCUT2D eigenvalue weighted by Crippen LogP contribution is 2.17. The predicted molar refractivity (Wildman–Crippen MR) is 71.1 cm³/mol. The van der Waals surface area contributed by atoms with Crippen LogP contribution in [0.15, 0.2) is 30.7 Å². The Kier molecular flexibility index (Phi) is 3.81. The topological polar surface area (TPSA) is 53.6 Å². The van der Waals surface area contributed by atoms with Gasteiger partial charge in [0.05, 0.1) is 35.9 Å². The molecule has 0 bridgehead atoms. The van der Waals surface area contributed by atoms with Gasteiger partial charge in [-0.2, -0.15) is 5.26 Å². The summed E-state index contributed by atoms with van der Waals surface area (Å²) in [6, 6.07) is 6.60. The number of halogens is 1. The molecule has 0 amide bonds. The Hall–Kier alpha value is -2.35. The Morgan fingerprint density at radius 1 is 1.47 bits per heavy atom. The van der Waals surface area contributed by atoms with Gasteiger partial charge in [-0.3, -0.25) is 0 Å². The molecule has 4 nitrogen and oxygen atoms in total. The van der Waals surface area contributed by atoms with Crippen LogP contribution >= 0.6 is 0 Å². The SMILES string of the molecule is CC(C)n1cncc1CNc1ccc(C#N)cc1F. The Balaban J connectivity index is 2.11. The van der Waals surface area contributed by atoms with E-state index in [-0.39, 0.29) is 0 Å². The number of anilines is 1. The minimum Gasteiger partial charge on any atom is -0.377 e. The zero-order valence-corrected chi connectivity index (χ0v) is 10.9. The maximum Gasteiger partial charge on any atom is 0.147 e. The number of hydrogen-bond acceptors (Lipinski definition) is 3. The minimum atomic E-state index is -0.422. The number of nitrogens with one attached hydrogen (secondary N) is 1. The molecule has 1 heterocycles. The lowest BCUT2D eigenvalue weighted by Crippen LogP contribution is -2.09. The summed E-state index contributed by atoms with van der Waals surface area (Å²) in [4.78, 5) is 4.09. The number of aromatic nitrogens is 2. The second-order valence-electron chi connectivity index (χ2n) is 4.55. The largest absolute Gasteiger partial charge is 0.377 e. The monoisotopic (exact) mass is 258 g/mol. The highest BCUT2D eigenvalue weighted by atomic mass is 19.1. The molecule has 19 heavy (non-hydrogen) atoms. The molecule has 0 spiro atoms. The molecular formula is C14H15FN4. The van der Waals surface area contributed by atoms with Gasteiger partial charge in [0.2, 0.25) is 0 Å². The fourth-order valence-corrected chi connectivity index (χ4v) is 1.85. The van der Waals surface area contributed by atoms with Gasteiger partial charge in [0, 0.05) is 12.2 Å². The van der Waals surface area contributed by atoms with E-state index < -0.39 is 5.82 Å². The highest BCUT2D eigenvalue weighted by molar-refractivity contribution is 5.48. The van der Waals surface area contributed by atoms with Crippen molar-refractivity contribution in [3.63, 3.8) is 0 Å². The first-order valence-corrected chi connectivity index (χ1v) is 6.06. The van der Waals surface area contributed by atoms with E-state index in [1.54, 1.807) is 24.7 Å². The van der Waals surface area contributed by atoms with E-state index in [1.807, 2.05) is 10.6 Å². The van der Waals surface area contributed by atoms with Gasteiger partial charge in [-0.05, 0) is 32.0 Å². The summed E-state index contributed by atoms with van der Waals surface area (Å²) in [6.07, 6.45) is 3.52. The molecule has 98 valence electrons. The Bertz CT molecular complexity index is 610. The lowest BCUT2D eigenvalue weighted by Gasteiger charge is -2.13. The maximum absolute atomic E-state index is 13.7. The zero-order chi connectivity index (χ0) is 13.8. The lowest BCUT2D eigenvalue weighted by molar-refractivity contribution is 0.576. The molecule has 2 aromatic rings. The summed E-state index contributed by atoms with van der Waals surface area (Å²) in [7, 11) is 0. The van der Waals surface area contributed by atoms with Crippen molar-refractivity contribution >= 4 is 5.69 Å². The van der Waals surface area contributed by atoms with Crippen molar-refractivity contribution in [2.75, 3.05) is 5.32 Å². The Morgan fingerprint density at radius 3 is 2.89 bits per heavy atom. The first kappa shape index (κ1) is 13.1. The van der Waals surface area contributed by atoms with E-state index in [0.29, 0.717) is 23.8 Å². The molecule has 2 rings (SSSR count). The number of rotatable bonds is 4. The van der Waals surface area contributed by atoms with Crippen molar-refractivity contribution in [2.45, 2.75) is 26.4 Å². The smallest absolute Gasteiger partial charge is 0.147 e. The van der Waals surface area contributed by atoms with Crippen LogP contribution in [0.25, 0.3) is 0 Å². The molecule has 1 N–H and O–H groups in total. The first-order valence-electron chi connectivity index (χ1n) is 6.06. The summed E-state index contributed by atoms with van der Waals surface area (Å²) in [6.45, 7) is 4.61. The van der Waals surface area contributed by atoms with E-state index >= 15 is 0 Å². The number of imidazole rings is 1. The molecule has 0 radical (unpaired) electrons. The van der Waals surface area contributed by atoms with Crippen molar-refractivity contribution in [1.82, 2.24) is 9.55 Å². The van der Waals surface area contributed by atoms with Crippen LogP contribution in [0.3, 0.4) is 0 Å². The quantitative estimate of drug-likeness (QED) is 0.916. The molecule has 0 atom stereocenters. The van der Waals surface area contributed by atoms with Crippen molar-refractivity contribution in [2.24, 2.45) is 0 Å². The molecule has 0 fully saturated rings. The molecule has 1 aromatic carbocycles. The van der Waals surface area contributed by atoms with Gasteiger partial charge >= 0.3 is 0 Å². The van der Waals surface area contributed by atoms with Crippen LogP contribution in [0.4, 0.5) is 10.1 Å². The van der Waals surface area contributed by atoms with Crippen molar-refractivity contribution < 1.29 is 4.39 Å². The maximum atomic E-state index is 13.7. The first-order chi connectivity index (χ1) is 9.11. The van der Waals surface area contributed by atoms with Crippen molar-refractivity contribution in [1.29, 1.82) is 5.26 Å². The summed E-state index contributed by atoms with van der Waals surface area (Å²) in [5.74, 6) is -0.422. The number of nitrogens with zero attached hydrogens (tertiary/aromatic N) is 3. The van der Waals surface area contributed by atoms with Crippen LogP contribution in [0.2, 0.25) is 0 Å². The third-order valence-corrected chi connectivity index (χ3v) is 2.86. The fourth-order valence-electron chi connectivity index (χ4n) is 1.85. The molecule has 0 unspecified atom stereocenters. The molecule has 0 aliphatic rings. The van der Waals surface area contributed by atoms with Gasteiger partial charge in [-0.1, -0.05) is 0 Å². The van der Waals surface area contributed by atoms with Gasteiger partial charge in [-0.15, -0.1) is 0 Å². The van der Waals surface area contributed by atoms with Crippen LogP contribution < -0.4 is 5.32 Å². The van der Waals surface area contributed by atoms with Crippen molar-refractivity contribution in [3.8, 4) is 6.07 Å². The molecule has 0 aliphatic carbocycles. The zero-order valence-electron chi connectivity index (χ0n) is 10.9. The van der Waals surface area contributed by atoms with Gasteiger partial charge in [0.1, 0.15) is 5.82 Å². The number of benzene rings is 1. The van der Waals surface area contributed by atoms with Crippen LogP contribution in [0.5, 0.6) is 0 Å². The van der Waals surface area contributed by atoms with Gasteiger partial charge in [0.15, 0.2) is 0 Å². The standard InChI is InChI=1S/C14H15FN4/c1-10(2)19-9-17-7-12(19)8-18-14-4-3-11(6-16)5-13(14)15/h3-5,7,9-10,18H,8H2,1-2H3. The van der Waals surface area contributed by atoms with Crippen molar-refractivity contribution in [3.05, 3.63) is 47.8 Å². The normalized spacial score (nSPS) is 10.5. The van der Waals surface area contributed by atoms with E-state index in [2.05, 4.69) is 24.1 Å². The summed E-state index contributed by atoms with van der Waals surface area (Å²) in [5.41, 5.74) is 1.68. The summed E-state index contributed by atoms with van der Waals surface area (Å²) in [5, 5.41) is 11.7. The second kappa shape index (κ2) is 5.53. The van der Waals surface area contributed by atoms with Crippen LogP contribution in [0, 0.1) is 17.1 Å². The predicted octanol–water partition coefficient (Wildman–Crippen LogP) is 3.09. The minimum absolute atomic E-state index is 0.310. The van der Waals surface area contributed by atoms with E-state index in [4.69, 9.17) is 5.26 Å². The molecule has 0 aliphatic heterocycles. The van der Waals surface area contributed by atoms with Crippen LogP contribution in [0.1, 0.15) is 31.1 Å². The third-order valence-electron chi connectivity index (χ3n) is 2.86. The van der Waals surface area contributed by atoms with Crippen LogP contribution in [-0.4, -0.2) is 9.55 Å². The molecule has 0 saturated carbocycles. The lowest BCUT2D eigenvalue weighted by atomic mass is 10.2. The average molecular weight is 258 g/mol. The molecule has 1 aromatic heterocycles. The van der Waals surface area contributed by atoms with E-state index in [0.717, 1.165) is 5.69 Å². The van der Waals surface area contributed by atoms with Gasteiger partial charge < -0.3 is 9.88 Å². The number of nitriles is 1. The second-order valence-corrected chi connectivity index (χ2v) is 4.55. The van der Waals surface area contributed by atoms with E-state index in [1.165, 1.54) is 6.07 Å². The molecular weight excluding hydrogens is 243 g/mol. The third kappa shape index (κ3) is 2.91. The molecule has 5 heteroatoms. The Labute approximate surface area is 111 Å². The highest BCUT2D eigenvalue weighted by Gasteiger charge is 2.07. The van der Waals surface area contributed by atoms with Gasteiger partial charge in [0.25, 0.3) is 0 Å². The molecule has 0 saturated heterocycles. The number of hydrogen-bond donors (Lipinski definition) is 1. The van der Waals surface area contributed by atoms with E-state index in [9.17, 15) is 4.39 Å². The summed E-state index contributed by atoms with van der Waals surface area (Å²) < 4.78 is 15.7. The summed E-state index contributed by atoms with van der Waals surface area (Å²) >= 11 is 0. The fraction of sp³-hybridized carbons (Fsp3) is 0.286.